The molecule has 92 valence electrons. The first-order valence-electron chi connectivity index (χ1n) is 5.40. The van der Waals surface area contributed by atoms with E-state index in [1.54, 1.807) is 6.07 Å². The number of fused-ring (bicyclic) bond motifs is 1. The van der Waals surface area contributed by atoms with Crippen molar-refractivity contribution in [1.29, 1.82) is 0 Å². The minimum absolute atomic E-state index is 0.0248. The van der Waals surface area contributed by atoms with Crippen LogP contribution in [0.4, 0.5) is 0 Å². The van der Waals surface area contributed by atoms with Gasteiger partial charge in [0.2, 0.25) is 0 Å². The molecule has 1 N–H and O–H groups in total. The van der Waals surface area contributed by atoms with E-state index in [1.165, 1.54) is 6.92 Å². The first kappa shape index (κ1) is 12.7. The summed E-state index contributed by atoms with van der Waals surface area (Å²) in [5.41, 5.74) is 1.04. The third-order valence-corrected chi connectivity index (χ3v) is 2.88. The summed E-state index contributed by atoms with van der Waals surface area (Å²) in [5.74, 6) is -0.432. The van der Waals surface area contributed by atoms with Crippen molar-refractivity contribution >= 4 is 38.5 Å². The van der Waals surface area contributed by atoms with E-state index in [-0.39, 0.29) is 18.2 Å². The van der Waals surface area contributed by atoms with Gasteiger partial charge in [0.25, 0.3) is 5.91 Å². The third-order valence-electron chi connectivity index (χ3n) is 2.38. The molecule has 0 unspecified atom stereocenters. The molecule has 0 aliphatic carbocycles. The average molecular weight is 307 g/mol. The molecule has 0 saturated heterocycles. The monoisotopic (exact) mass is 306 g/mol. The number of halogens is 1. The van der Waals surface area contributed by atoms with Crippen molar-refractivity contribution in [3.8, 4) is 0 Å². The van der Waals surface area contributed by atoms with Crippen LogP contribution < -0.4 is 5.32 Å². The fourth-order valence-corrected chi connectivity index (χ4v) is 1.86. The summed E-state index contributed by atoms with van der Waals surface area (Å²) in [4.78, 5) is 26.8. The molecular weight excluding hydrogens is 296 g/mol. The van der Waals surface area contributed by atoms with E-state index in [1.807, 2.05) is 24.3 Å². The number of aromatic nitrogens is 1. The van der Waals surface area contributed by atoms with Gasteiger partial charge in [0.1, 0.15) is 11.5 Å². The Labute approximate surface area is 113 Å². The summed E-state index contributed by atoms with van der Waals surface area (Å²) < 4.78 is 0.906. The van der Waals surface area contributed by atoms with Gasteiger partial charge in [-0.2, -0.15) is 0 Å². The molecule has 2 aromatic rings. The standard InChI is InChI=1S/C13H11BrN2O2/c1-8(17)7-15-13(18)11-5-3-9-2-4-10(14)6-12(9)16-11/h2-6H,7H2,1H3,(H,15,18). The molecule has 0 atom stereocenters. The largest absolute Gasteiger partial charge is 0.344 e. The van der Waals surface area contributed by atoms with E-state index >= 15 is 0 Å². The Hall–Kier alpha value is -1.75. The van der Waals surface area contributed by atoms with Gasteiger partial charge in [-0.25, -0.2) is 4.98 Å². The van der Waals surface area contributed by atoms with Gasteiger partial charge in [0, 0.05) is 9.86 Å². The summed E-state index contributed by atoms with van der Waals surface area (Å²) >= 11 is 3.36. The molecule has 0 spiro atoms. The number of amides is 1. The lowest BCUT2D eigenvalue weighted by Crippen LogP contribution is -2.28. The third kappa shape index (κ3) is 2.92. The molecule has 1 amide bonds. The van der Waals surface area contributed by atoms with Crippen molar-refractivity contribution in [2.45, 2.75) is 6.92 Å². The lowest BCUT2D eigenvalue weighted by atomic mass is 10.2. The minimum atomic E-state index is -0.341. The number of nitrogens with zero attached hydrogens (tertiary/aromatic N) is 1. The molecule has 5 heteroatoms. The molecular formula is C13H11BrN2O2. The normalized spacial score (nSPS) is 10.3. The van der Waals surface area contributed by atoms with Crippen LogP contribution in [0.3, 0.4) is 0 Å². The van der Waals surface area contributed by atoms with Crippen LogP contribution in [0.25, 0.3) is 10.9 Å². The number of carbonyl (C=O) groups is 2. The van der Waals surface area contributed by atoms with Crippen LogP contribution in [0.15, 0.2) is 34.8 Å². The lowest BCUT2D eigenvalue weighted by Gasteiger charge is -2.04. The van der Waals surface area contributed by atoms with Crippen LogP contribution in [0.2, 0.25) is 0 Å². The molecule has 0 aliphatic rings. The molecule has 2 rings (SSSR count). The van der Waals surface area contributed by atoms with E-state index in [0.717, 1.165) is 15.4 Å². The highest BCUT2D eigenvalue weighted by atomic mass is 79.9. The number of ketones is 1. The van der Waals surface area contributed by atoms with Gasteiger partial charge in [0.05, 0.1) is 12.1 Å². The second-order valence-corrected chi connectivity index (χ2v) is 4.83. The van der Waals surface area contributed by atoms with Gasteiger partial charge in [-0.3, -0.25) is 9.59 Å². The lowest BCUT2D eigenvalue weighted by molar-refractivity contribution is -0.116. The summed E-state index contributed by atoms with van der Waals surface area (Å²) in [6.07, 6.45) is 0. The number of Topliss-reactive ketones (excluding diaryl/α,β-unsaturated/α-hetero) is 1. The zero-order valence-electron chi connectivity index (χ0n) is 9.74. The Morgan fingerprint density at radius 2 is 2.00 bits per heavy atom. The number of hydrogen-bond donors (Lipinski definition) is 1. The maximum atomic E-state index is 11.7. The number of pyridine rings is 1. The van der Waals surface area contributed by atoms with Crippen molar-refractivity contribution in [3.63, 3.8) is 0 Å². The van der Waals surface area contributed by atoms with Crippen molar-refractivity contribution in [3.05, 3.63) is 40.5 Å². The number of rotatable bonds is 3. The van der Waals surface area contributed by atoms with E-state index in [2.05, 4.69) is 26.2 Å². The minimum Gasteiger partial charge on any atom is -0.344 e. The van der Waals surface area contributed by atoms with E-state index in [0.29, 0.717) is 5.69 Å². The Morgan fingerprint density at radius 1 is 1.28 bits per heavy atom. The van der Waals surface area contributed by atoms with Crippen molar-refractivity contribution in [1.82, 2.24) is 10.3 Å². The van der Waals surface area contributed by atoms with Gasteiger partial charge < -0.3 is 5.32 Å². The summed E-state index contributed by atoms with van der Waals surface area (Å²) in [7, 11) is 0. The highest BCUT2D eigenvalue weighted by molar-refractivity contribution is 9.10. The molecule has 0 aliphatic heterocycles. The highest BCUT2D eigenvalue weighted by Gasteiger charge is 2.08. The second kappa shape index (κ2) is 5.27. The second-order valence-electron chi connectivity index (χ2n) is 3.92. The van der Waals surface area contributed by atoms with Gasteiger partial charge >= 0.3 is 0 Å². The fraction of sp³-hybridized carbons (Fsp3) is 0.154. The number of hydrogen-bond acceptors (Lipinski definition) is 3. The van der Waals surface area contributed by atoms with Gasteiger partial charge in [-0.15, -0.1) is 0 Å². The average Bonchev–Trinajstić information content (AvgIpc) is 2.34. The van der Waals surface area contributed by atoms with E-state index in [4.69, 9.17) is 0 Å². The topological polar surface area (TPSA) is 59.1 Å². The van der Waals surface area contributed by atoms with Crippen molar-refractivity contribution < 1.29 is 9.59 Å². The van der Waals surface area contributed by atoms with Gasteiger partial charge in [-0.1, -0.05) is 28.1 Å². The van der Waals surface area contributed by atoms with Crippen LogP contribution in [0.1, 0.15) is 17.4 Å². The Kier molecular flexibility index (Phi) is 3.72. The van der Waals surface area contributed by atoms with E-state index < -0.39 is 0 Å². The number of benzene rings is 1. The Morgan fingerprint density at radius 3 is 2.72 bits per heavy atom. The van der Waals surface area contributed by atoms with Gasteiger partial charge in [-0.05, 0) is 25.1 Å². The van der Waals surface area contributed by atoms with Gasteiger partial charge in [0.15, 0.2) is 0 Å². The molecule has 1 aromatic heterocycles. The summed E-state index contributed by atoms with van der Waals surface area (Å²) in [6.45, 7) is 1.45. The highest BCUT2D eigenvalue weighted by Crippen LogP contribution is 2.18. The van der Waals surface area contributed by atoms with Crippen LogP contribution in [0.5, 0.6) is 0 Å². The van der Waals surface area contributed by atoms with Crippen LogP contribution in [0, 0.1) is 0 Å². The molecule has 0 saturated carbocycles. The van der Waals surface area contributed by atoms with E-state index in [9.17, 15) is 9.59 Å². The van der Waals surface area contributed by atoms with Crippen molar-refractivity contribution in [2.75, 3.05) is 6.54 Å². The smallest absolute Gasteiger partial charge is 0.270 e. The van der Waals surface area contributed by atoms with Crippen LogP contribution >= 0.6 is 15.9 Å². The summed E-state index contributed by atoms with van der Waals surface area (Å²) in [5, 5.41) is 3.47. The van der Waals surface area contributed by atoms with Crippen LogP contribution in [-0.4, -0.2) is 23.2 Å². The molecule has 0 radical (unpaired) electrons. The maximum Gasteiger partial charge on any atom is 0.270 e. The number of nitrogens with one attached hydrogen (secondary N) is 1. The molecule has 0 fully saturated rings. The molecule has 18 heavy (non-hydrogen) atoms. The predicted octanol–water partition coefficient (Wildman–Crippen LogP) is 2.32. The molecule has 1 heterocycles. The number of carbonyl (C=O) groups excluding carboxylic acids is 2. The zero-order valence-corrected chi connectivity index (χ0v) is 11.3. The summed E-state index contributed by atoms with van der Waals surface area (Å²) in [6, 6.07) is 9.16. The first-order valence-corrected chi connectivity index (χ1v) is 6.19. The molecule has 1 aromatic carbocycles. The Balaban J connectivity index is 2.28. The SMILES string of the molecule is CC(=O)CNC(=O)c1ccc2ccc(Br)cc2n1. The maximum absolute atomic E-state index is 11.7. The Bertz CT molecular complexity index is 625. The predicted molar refractivity (Wildman–Crippen MR) is 72.5 cm³/mol. The zero-order chi connectivity index (χ0) is 13.1. The quantitative estimate of drug-likeness (QED) is 0.946. The molecule has 4 nitrogen and oxygen atoms in total. The van der Waals surface area contributed by atoms with Crippen LogP contribution in [-0.2, 0) is 4.79 Å². The first-order chi connectivity index (χ1) is 8.56. The van der Waals surface area contributed by atoms with Crippen molar-refractivity contribution in [2.24, 2.45) is 0 Å². The molecule has 0 bridgehead atoms. The fourth-order valence-electron chi connectivity index (χ4n) is 1.51.